The normalized spacial score (nSPS) is 18.8. The fourth-order valence-electron chi connectivity index (χ4n) is 3.25. The summed E-state index contributed by atoms with van der Waals surface area (Å²) in [5, 5.41) is 7.43. The van der Waals surface area contributed by atoms with Gasteiger partial charge in [-0.1, -0.05) is 54.6 Å². The van der Waals surface area contributed by atoms with E-state index in [4.69, 9.17) is 0 Å². The van der Waals surface area contributed by atoms with Gasteiger partial charge in [0.05, 0.1) is 6.54 Å². The van der Waals surface area contributed by atoms with Crippen LogP contribution in [0.25, 0.3) is 0 Å². The fraction of sp³-hybridized carbons (Fsp3) is 0.238. The minimum Gasteiger partial charge on any atom is -0.309 e. The summed E-state index contributed by atoms with van der Waals surface area (Å²) in [5.41, 5.74) is 3.72. The molecule has 1 aliphatic carbocycles. The van der Waals surface area contributed by atoms with E-state index < -0.39 is 0 Å². The van der Waals surface area contributed by atoms with Crippen LogP contribution in [0, 0.1) is 12.8 Å². The first-order chi connectivity index (χ1) is 12.2. The van der Waals surface area contributed by atoms with Crippen molar-refractivity contribution in [3.8, 4) is 0 Å². The summed E-state index contributed by atoms with van der Waals surface area (Å²) in [7, 11) is 0. The molecule has 1 aliphatic rings. The molecular weight excluding hydrogens is 310 g/mol. The van der Waals surface area contributed by atoms with Crippen LogP contribution < -0.4 is 5.32 Å². The van der Waals surface area contributed by atoms with E-state index in [1.165, 1.54) is 16.7 Å². The van der Waals surface area contributed by atoms with Gasteiger partial charge in [0.15, 0.2) is 5.82 Å². The molecular formula is C21H21N3O. The topological polar surface area (TPSA) is 46.9 Å². The number of nitrogens with zero attached hydrogens (tertiary/aromatic N) is 2. The lowest BCUT2D eigenvalue weighted by Gasteiger charge is -2.05. The van der Waals surface area contributed by atoms with Gasteiger partial charge in [-0.3, -0.25) is 9.48 Å². The Morgan fingerprint density at radius 1 is 1.12 bits per heavy atom. The Hall–Kier alpha value is -2.88. The molecule has 0 spiro atoms. The minimum absolute atomic E-state index is 0.0592. The lowest BCUT2D eigenvalue weighted by molar-refractivity contribution is -0.117. The van der Waals surface area contributed by atoms with Crippen molar-refractivity contribution in [2.75, 3.05) is 5.32 Å². The largest absolute Gasteiger partial charge is 0.309 e. The second-order valence-electron chi connectivity index (χ2n) is 6.67. The molecule has 1 saturated carbocycles. The highest BCUT2D eigenvalue weighted by Gasteiger charge is 2.43. The molecule has 1 N–H and O–H groups in total. The molecule has 4 rings (SSSR count). The van der Waals surface area contributed by atoms with Crippen molar-refractivity contribution in [2.24, 2.45) is 5.92 Å². The predicted molar refractivity (Wildman–Crippen MR) is 98.4 cm³/mol. The Bertz CT molecular complexity index is 885. The Morgan fingerprint density at radius 3 is 2.68 bits per heavy atom. The van der Waals surface area contributed by atoms with Crippen LogP contribution in [0.3, 0.4) is 0 Å². The molecule has 0 radical (unpaired) electrons. The molecule has 1 amide bonds. The van der Waals surface area contributed by atoms with Gasteiger partial charge in [-0.05, 0) is 36.0 Å². The average Bonchev–Trinajstić information content (AvgIpc) is 3.33. The van der Waals surface area contributed by atoms with Gasteiger partial charge in [0.1, 0.15) is 0 Å². The molecule has 126 valence electrons. The van der Waals surface area contributed by atoms with E-state index in [9.17, 15) is 4.79 Å². The van der Waals surface area contributed by atoms with Crippen LogP contribution in [0.2, 0.25) is 0 Å². The lowest BCUT2D eigenvalue weighted by Crippen LogP contribution is -2.15. The first-order valence-corrected chi connectivity index (χ1v) is 8.64. The number of hydrogen-bond donors (Lipinski definition) is 1. The minimum atomic E-state index is 0.0592. The van der Waals surface area contributed by atoms with Crippen molar-refractivity contribution in [1.82, 2.24) is 9.78 Å². The summed E-state index contributed by atoms with van der Waals surface area (Å²) >= 11 is 0. The lowest BCUT2D eigenvalue weighted by atomic mass is 10.1. The first kappa shape index (κ1) is 15.6. The molecule has 1 fully saturated rings. The molecule has 4 nitrogen and oxygen atoms in total. The molecule has 2 atom stereocenters. The second-order valence-corrected chi connectivity index (χ2v) is 6.67. The molecule has 1 heterocycles. The molecule has 0 saturated heterocycles. The quantitative estimate of drug-likeness (QED) is 0.768. The third kappa shape index (κ3) is 3.48. The van der Waals surface area contributed by atoms with E-state index >= 15 is 0 Å². The van der Waals surface area contributed by atoms with Crippen molar-refractivity contribution >= 4 is 11.7 Å². The summed E-state index contributed by atoms with van der Waals surface area (Å²) < 4.78 is 1.86. The van der Waals surface area contributed by atoms with Gasteiger partial charge < -0.3 is 5.32 Å². The van der Waals surface area contributed by atoms with E-state index in [0.717, 1.165) is 6.42 Å². The van der Waals surface area contributed by atoms with Gasteiger partial charge in [0, 0.05) is 18.2 Å². The van der Waals surface area contributed by atoms with Crippen LogP contribution in [-0.2, 0) is 11.3 Å². The summed E-state index contributed by atoms with van der Waals surface area (Å²) in [4.78, 5) is 12.4. The number of aryl methyl sites for hydroxylation is 1. The number of benzene rings is 2. The highest BCUT2D eigenvalue weighted by Crippen LogP contribution is 2.47. The highest BCUT2D eigenvalue weighted by molar-refractivity contribution is 5.94. The van der Waals surface area contributed by atoms with E-state index in [1.54, 1.807) is 0 Å². The Morgan fingerprint density at radius 2 is 1.88 bits per heavy atom. The fourth-order valence-corrected chi connectivity index (χ4v) is 3.25. The molecule has 4 heteroatoms. The highest BCUT2D eigenvalue weighted by atomic mass is 16.2. The average molecular weight is 331 g/mol. The maximum atomic E-state index is 12.4. The van der Waals surface area contributed by atoms with Crippen molar-refractivity contribution in [3.05, 3.63) is 83.6 Å². The van der Waals surface area contributed by atoms with Gasteiger partial charge >= 0.3 is 0 Å². The molecule has 0 aliphatic heterocycles. The van der Waals surface area contributed by atoms with Gasteiger partial charge in [-0.25, -0.2) is 0 Å². The van der Waals surface area contributed by atoms with Crippen LogP contribution in [0.4, 0.5) is 5.82 Å². The zero-order valence-corrected chi connectivity index (χ0v) is 14.2. The number of carbonyl (C=O) groups is 1. The van der Waals surface area contributed by atoms with Gasteiger partial charge in [0.2, 0.25) is 5.91 Å². The van der Waals surface area contributed by atoms with Crippen LogP contribution in [0.15, 0.2) is 66.9 Å². The molecule has 25 heavy (non-hydrogen) atoms. The summed E-state index contributed by atoms with van der Waals surface area (Å²) in [6, 6.07) is 20.4. The maximum absolute atomic E-state index is 12.4. The number of hydrogen-bond acceptors (Lipinski definition) is 2. The molecule has 1 aromatic heterocycles. The van der Waals surface area contributed by atoms with E-state index in [1.807, 2.05) is 47.3 Å². The monoisotopic (exact) mass is 331 g/mol. The number of amides is 1. The van der Waals surface area contributed by atoms with Gasteiger partial charge in [-0.2, -0.15) is 5.10 Å². The van der Waals surface area contributed by atoms with Crippen LogP contribution in [0.1, 0.15) is 29.0 Å². The number of anilines is 1. The van der Waals surface area contributed by atoms with Crippen LogP contribution in [0.5, 0.6) is 0 Å². The molecule has 2 aromatic carbocycles. The SMILES string of the molecule is Cc1ccccc1Cn1ccc(NC(=O)[C@@H]2C[C@@H]2c2ccccc2)n1. The summed E-state index contributed by atoms with van der Waals surface area (Å²) in [5.74, 6) is 1.09. The van der Waals surface area contributed by atoms with Crippen LogP contribution >= 0.6 is 0 Å². The third-order valence-electron chi connectivity index (χ3n) is 4.84. The molecule has 3 aromatic rings. The van der Waals surface area contributed by atoms with E-state index in [-0.39, 0.29) is 11.8 Å². The van der Waals surface area contributed by atoms with Gasteiger partial charge in [0.25, 0.3) is 0 Å². The van der Waals surface area contributed by atoms with E-state index in [0.29, 0.717) is 18.3 Å². The predicted octanol–water partition coefficient (Wildman–Crippen LogP) is 3.98. The van der Waals surface area contributed by atoms with Crippen molar-refractivity contribution in [2.45, 2.75) is 25.8 Å². The summed E-state index contributed by atoms with van der Waals surface area (Å²) in [6.07, 6.45) is 2.82. The zero-order chi connectivity index (χ0) is 17.2. The maximum Gasteiger partial charge on any atom is 0.229 e. The number of aromatic nitrogens is 2. The van der Waals surface area contributed by atoms with Crippen molar-refractivity contribution in [1.29, 1.82) is 0 Å². The van der Waals surface area contributed by atoms with Gasteiger partial charge in [-0.15, -0.1) is 0 Å². The number of carbonyl (C=O) groups excluding carboxylic acids is 1. The Kier molecular flexibility index (Phi) is 4.10. The standard InChI is InChI=1S/C21H21N3O/c1-15-7-5-6-10-17(15)14-24-12-11-20(23-24)22-21(25)19-13-18(19)16-8-3-2-4-9-16/h2-12,18-19H,13-14H2,1H3,(H,22,23,25)/t18-,19-/m1/s1. The zero-order valence-electron chi connectivity index (χ0n) is 14.2. The second kappa shape index (κ2) is 6.55. The van der Waals surface area contributed by atoms with Crippen molar-refractivity contribution < 1.29 is 4.79 Å². The summed E-state index contributed by atoms with van der Waals surface area (Å²) in [6.45, 7) is 2.80. The number of rotatable bonds is 5. The first-order valence-electron chi connectivity index (χ1n) is 8.64. The Labute approximate surface area is 147 Å². The molecule has 0 bridgehead atoms. The Balaban J connectivity index is 1.37. The van der Waals surface area contributed by atoms with Crippen molar-refractivity contribution in [3.63, 3.8) is 0 Å². The van der Waals surface area contributed by atoms with E-state index in [2.05, 4.69) is 41.6 Å². The number of nitrogens with one attached hydrogen (secondary N) is 1. The smallest absolute Gasteiger partial charge is 0.229 e. The third-order valence-corrected chi connectivity index (χ3v) is 4.84. The van der Waals surface area contributed by atoms with Crippen LogP contribution in [-0.4, -0.2) is 15.7 Å². The molecule has 0 unspecified atom stereocenters.